The predicted octanol–water partition coefficient (Wildman–Crippen LogP) is 2.96. The number of methoxy groups -OCH3 is 1. The number of carbonyl (C=O) groups is 1. The van der Waals surface area contributed by atoms with Crippen LogP contribution in [0.25, 0.3) is 10.8 Å². The molecule has 0 spiro atoms. The Hall–Kier alpha value is -3.13. The Morgan fingerprint density at radius 1 is 1.14 bits per heavy atom. The largest absolute Gasteiger partial charge is 0.497 e. The van der Waals surface area contributed by atoms with Gasteiger partial charge >= 0.3 is 0 Å². The number of nitrogens with one attached hydrogen (secondary N) is 1. The zero-order valence-electron chi connectivity index (χ0n) is 16.3. The van der Waals surface area contributed by atoms with Crippen molar-refractivity contribution in [3.63, 3.8) is 0 Å². The minimum absolute atomic E-state index is 0.122. The minimum atomic E-state index is -4.02. The van der Waals surface area contributed by atoms with Gasteiger partial charge in [-0.15, -0.1) is 0 Å². The van der Waals surface area contributed by atoms with Gasteiger partial charge in [0.25, 0.3) is 10.0 Å². The maximum Gasteiger partial charge on any atom is 0.265 e. The SMILES string of the molecule is CCCNC(=O)CN(c1ccc(OC)cc1)S(=O)(=O)c1cccc2cnccc12. The van der Waals surface area contributed by atoms with E-state index in [1.54, 1.807) is 54.9 Å². The lowest BCUT2D eigenvalue weighted by Gasteiger charge is -2.25. The second-order valence-electron chi connectivity index (χ2n) is 6.41. The highest BCUT2D eigenvalue weighted by molar-refractivity contribution is 7.93. The van der Waals surface area contributed by atoms with Crippen molar-refractivity contribution >= 4 is 32.4 Å². The molecule has 1 amide bonds. The molecule has 2 aromatic carbocycles. The lowest BCUT2D eigenvalue weighted by Crippen LogP contribution is -2.41. The van der Waals surface area contributed by atoms with Gasteiger partial charge in [0.1, 0.15) is 12.3 Å². The number of anilines is 1. The van der Waals surface area contributed by atoms with Crippen LogP contribution < -0.4 is 14.4 Å². The topological polar surface area (TPSA) is 88.6 Å². The van der Waals surface area contributed by atoms with Gasteiger partial charge < -0.3 is 10.1 Å². The van der Waals surface area contributed by atoms with Gasteiger partial charge in [-0.05, 0) is 42.8 Å². The number of nitrogens with zero attached hydrogens (tertiary/aromatic N) is 2. The van der Waals surface area contributed by atoms with Crippen molar-refractivity contribution < 1.29 is 17.9 Å². The molecule has 0 aliphatic rings. The Bertz CT molecular complexity index is 1090. The summed E-state index contributed by atoms with van der Waals surface area (Å²) < 4.78 is 33.5. The smallest absolute Gasteiger partial charge is 0.265 e. The van der Waals surface area contributed by atoms with Gasteiger partial charge in [-0.1, -0.05) is 19.1 Å². The maximum absolute atomic E-state index is 13.6. The number of carbonyl (C=O) groups excluding carboxylic acids is 1. The normalized spacial score (nSPS) is 11.2. The Morgan fingerprint density at radius 2 is 1.90 bits per heavy atom. The molecular weight excluding hydrogens is 390 g/mol. The van der Waals surface area contributed by atoms with Crippen LogP contribution in [-0.4, -0.2) is 39.5 Å². The number of amides is 1. The summed E-state index contributed by atoms with van der Waals surface area (Å²) >= 11 is 0. The van der Waals surface area contributed by atoms with Gasteiger partial charge in [0.05, 0.1) is 17.7 Å². The Morgan fingerprint density at radius 3 is 2.59 bits per heavy atom. The summed E-state index contributed by atoms with van der Waals surface area (Å²) in [4.78, 5) is 16.6. The van der Waals surface area contributed by atoms with Crippen LogP contribution in [0.4, 0.5) is 5.69 Å². The van der Waals surface area contributed by atoms with Crippen LogP contribution in [0.1, 0.15) is 13.3 Å². The van der Waals surface area contributed by atoms with Crippen molar-refractivity contribution in [1.29, 1.82) is 0 Å². The van der Waals surface area contributed by atoms with Gasteiger partial charge in [0, 0.05) is 29.7 Å². The molecule has 0 saturated carbocycles. The van der Waals surface area contributed by atoms with Gasteiger partial charge in [0.15, 0.2) is 0 Å². The van der Waals surface area contributed by atoms with E-state index in [1.807, 2.05) is 6.92 Å². The van der Waals surface area contributed by atoms with E-state index in [0.717, 1.165) is 10.7 Å². The van der Waals surface area contributed by atoms with Gasteiger partial charge in [0.2, 0.25) is 5.91 Å². The van der Waals surface area contributed by atoms with E-state index in [-0.39, 0.29) is 17.3 Å². The summed E-state index contributed by atoms with van der Waals surface area (Å²) in [6, 6.07) is 13.2. The molecule has 8 heteroatoms. The van der Waals surface area contributed by atoms with Crippen LogP contribution in [0.5, 0.6) is 5.75 Å². The number of benzene rings is 2. The Kier molecular flexibility index (Phi) is 6.33. The molecule has 1 N–H and O–H groups in total. The van der Waals surface area contributed by atoms with Gasteiger partial charge in [-0.3, -0.25) is 14.1 Å². The standard InChI is InChI=1S/C21H23N3O4S/c1-3-12-23-21(25)15-24(17-7-9-18(28-2)10-8-17)29(26,27)20-6-4-5-16-14-22-13-11-19(16)20/h4-11,13-14H,3,12,15H2,1-2H3,(H,23,25). The summed E-state index contributed by atoms with van der Waals surface area (Å²) in [5.74, 6) is 0.228. The first-order valence-corrected chi connectivity index (χ1v) is 10.7. The fraction of sp³-hybridized carbons (Fsp3) is 0.238. The molecule has 3 aromatic rings. The summed E-state index contributed by atoms with van der Waals surface area (Å²) in [7, 11) is -2.48. The molecule has 1 heterocycles. The van der Waals surface area contributed by atoms with Crippen molar-refractivity contribution in [2.75, 3.05) is 24.5 Å². The van der Waals surface area contributed by atoms with Gasteiger partial charge in [-0.2, -0.15) is 0 Å². The molecule has 0 aliphatic heterocycles. The molecule has 0 radical (unpaired) electrons. The number of hydrogen-bond donors (Lipinski definition) is 1. The third-order valence-corrected chi connectivity index (χ3v) is 6.26. The van der Waals surface area contributed by atoms with Crippen LogP contribution in [0.3, 0.4) is 0 Å². The van der Waals surface area contributed by atoms with Crippen LogP contribution in [-0.2, 0) is 14.8 Å². The van der Waals surface area contributed by atoms with Crippen LogP contribution in [0.2, 0.25) is 0 Å². The van der Waals surface area contributed by atoms with E-state index in [0.29, 0.717) is 28.8 Å². The average Bonchev–Trinajstić information content (AvgIpc) is 2.75. The first-order chi connectivity index (χ1) is 14.0. The maximum atomic E-state index is 13.6. The number of ether oxygens (including phenoxy) is 1. The predicted molar refractivity (Wildman–Crippen MR) is 113 cm³/mol. The molecule has 0 bridgehead atoms. The van der Waals surface area contributed by atoms with Crippen molar-refractivity contribution in [1.82, 2.24) is 10.3 Å². The fourth-order valence-corrected chi connectivity index (χ4v) is 4.59. The third-order valence-electron chi connectivity index (χ3n) is 4.43. The first-order valence-electron chi connectivity index (χ1n) is 9.23. The lowest BCUT2D eigenvalue weighted by molar-refractivity contribution is -0.119. The fourth-order valence-electron chi connectivity index (χ4n) is 2.95. The first kappa shape index (κ1) is 20.6. The highest BCUT2D eigenvalue weighted by atomic mass is 32.2. The van der Waals surface area contributed by atoms with E-state index in [4.69, 9.17) is 4.74 Å². The average molecular weight is 413 g/mol. The number of rotatable bonds is 8. The number of fused-ring (bicyclic) bond motifs is 1. The molecule has 152 valence electrons. The van der Waals surface area contributed by atoms with Crippen LogP contribution >= 0.6 is 0 Å². The van der Waals surface area contributed by atoms with Crippen molar-refractivity contribution in [3.8, 4) is 5.75 Å². The highest BCUT2D eigenvalue weighted by Crippen LogP contribution is 2.29. The summed E-state index contributed by atoms with van der Waals surface area (Å²) in [5, 5.41) is 3.99. The molecule has 0 fully saturated rings. The molecule has 0 saturated heterocycles. The third kappa shape index (κ3) is 4.48. The number of pyridine rings is 1. The zero-order valence-corrected chi connectivity index (χ0v) is 17.1. The molecule has 3 rings (SSSR count). The highest BCUT2D eigenvalue weighted by Gasteiger charge is 2.28. The zero-order chi connectivity index (χ0) is 20.9. The second kappa shape index (κ2) is 8.91. The van der Waals surface area contributed by atoms with E-state index in [9.17, 15) is 13.2 Å². The van der Waals surface area contributed by atoms with Gasteiger partial charge in [-0.25, -0.2) is 8.42 Å². The van der Waals surface area contributed by atoms with Crippen molar-refractivity contribution in [3.05, 3.63) is 60.9 Å². The molecule has 0 unspecified atom stereocenters. The summed E-state index contributed by atoms with van der Waals surface area (Å²) in [5.41, 5.74) is 0.378. The number of hydrogen-bond acceptors (Lipinski definition) is 5. The van der Waals surface area contributed by atoms with E-state index >= 15 is 0 Å². The van der Waals surface area contributed by atoms with Crippen LogP contribution in [0, 0.1) is 0 Å². The summed E-state index contributed by atoms with van der Waals surface area (Å²) in [6.07, 6.45) is 3.92. The second-order valence-corrected chi connectivity index (χ2v) is 8.24. The van der Waals surface area contributed by atoms with Crippen LogP contribution in [0.15, 0.2) is 65.8 Å². The van der Waals surface area contributed by atoms with E-state index < -0.39 is 10.0 Å². The number of aromatic nitrogens is 1. The van der Waals surface area contributed by atoms with Crippen molar-refractivity contribution in [2.45, 2.75) is 18.2 Å². The minimum Gasteiger partial charge on any atom is -0.497 e. The quantitative estimate of drug-likeness (QED) is 0.613. The molecule has 1 aromatic heterocycles. The van der Waals surface area contributed by atoms with Crippen molar-refractivity contribution in [2.24, 2.45) is 0 Å². The summed E-state index contributed by atoms with van der Waals surface area (Å²) in [6.45, 7) is 2.09. The lowest BCUT2D eigenvalue weighted by atomic mass is 10.2. The van der Waals surface area contributed by atoms with E-state index in [2.05, 4.69) is 10.3 Å². The van der Waals surface area contributed by atoms with E-state index in [1.165, 1.54) is 13.2 Å². The Balaban J connectivity index is 2.08. The monoisotopic (exact) mass is 413 g/mol. The molecule has 29 heavy (non-hydrogen) atoms. The Labute approximate surface area is 170 Å². The number of sulfonamides is 1. The molecule has 0 aliphatic carbocycles. The molecular formula is C21H23N3O4S. The molecule has 7 nitrogen and oxygen atoms in total. The molecule has 0 atom stereocenters.